The highest BCUT2D eigenvalue weighted by molar-refractivity contribution is 7.89. The van der Waals surface area contributed by atoms with Gasteiger partial charge in [-0.1, -0.05) is 0 Å². The average molecular weight is 436 g/mol. The summed E-state index contributed by atoms with van der Waals surface area (Å²) in [6.45, 7) is 5.49. The molecule has 0 unspecified atom stereocenters. The third kappa shape index (κ3) is 4.70. The lowest BCUT2D eigenvalue weighted by atomic mass is 10.2. The van der Waals surface area contributed by atoms with Gasteiger partial charge in [-0.3, -0.25) is 9.69 Å². The van der Waals surface area contributed by atoms with Crippen LogP contribution in [0.2, 0.25) is 0 Å². The van der Waals surface area contributed by atoms with Crippen molar-refractivity contribution in [1.82, 2.24) is 14.1 Å². The summed E-state index contributed by atoms with van der Waals surface area (Å²) in [5.41, 5.74) is 1.84. The van der Waals surface area contributed by atoms with E-state index in [1.165, 1.54) is 22.0 Å². The summed E-state index contributed by atoms with van der Waals surface area (Å²) in [6.07, 6.45) is 0. The number of rotatable bonds is 5. The topological polar surface area (TPSA) is 70.2 Å². The van der Waals surface area contributed by atoms with Crippen molar-refractivity contribution in [3.05, 3.63) is 52.2 Å². The number of carbonyl (C=O) groups is 1. The van der Waals surface area contributed by atoms with E-state index in [0.717, 1.165) is 19.6 Å². The van der Waals surface area contributed by atoms with Gasteiger partial charge in [0, 0.05) is 51.4 Å². The van der Waals surface area contributed by atoms with E-state index >= 15 is 0 Å². The van der Waals surface area contributed by atoms with Crippen molar-refractivity contribution in [2.75, 3.05) is 52.5 Å². The Morgan fingerprint density at radius 3 is 2.28 bits per heavy atom. The van der Waals surface area contributed by atoms with Gasteiger partial charge >= 0.3 is 0 Å². The number of hydrogen-bond acceptors (Lipinski definition) is 6. The molecule has 0 bridgehead atoms. The van der Waals surface area contributed by atoms with Gasteiger partial charge in [-0.05, 0) is 46.7 Å². The predicted octanol–water partition coefficient (Wildman–Crippen LogP) is 1.73. The van der Waals surface area contributed by atoms with E-state index in [0.29, 0.717) is 45.0 Å². The van der Waals surface area contributed by atoms with Gasteiger partial charge in [-0.2, -0.15) is 15.6 Å². The molecule has 1 aromatic heterocycles. The molecular weight excluding hydrogens is 410 g/mol. The highest BCUT2D eigenvalue weighted by Gasteiger charge is 2.27. The van der Waals surface area contributed by atoms with Crippen LogP contribution in [0.5, 0.6) is 0 Å². The number of amides is 1. The van der Waals surface area contributed by atoms with Gasteiger partial charge in [0.1, 0.15) is 0 Å². The SMILES string of the molecule is O=C(c1ccc(S(=O)(=O)N2CCOCC2)cc1)N1CCN(Cc2ccsc2)CC1. The zero-order valence-corrected chi connectivity index (χ0v) is 17.8. The fraction of sp³-hybridized carbons (Fsp3) is 0.450. The van der Waals surface area contributed by atoms with Crippen LogP contribution in [0.3, 0.4) is 0 Å². The average Bonchev–Trinajstić information content (AvgIpc) is 3.27. The van der Waals surface area contributed by atoms with Gasteiger partial charge in [0.05, 0.1) is 18.1 Å². The first-order valence-electron chi connectivity index (χ1n) is 9.75. The second-order valence-corrected chi connectivity index (χ2v) is 9.96. The molecule has 7 nitrogen and oxygen atoms in total. The molecule has 1 amide bonds. The number of nitrogens with zero attached hydrogens (tertiary/aromatic N) is 3. The van der Waals surface area contributed by atoms with Gasteiger partial charge < -0.3 is 9.64 Å². The molecule has 29 heavy (non-hydrogen) atoms. The lowest BCUT2D eigenvalue weighted by Crippen LogP contribution is -2.48. The first-order chi connectivity index (χ1) is 14.0. The Kier molecular flexibility index (Phi) is 6.31. The first kappa shape index (κ1) is 20.5. The maximum Gasteiger partial charge on any atom is 0.253 e. The van der Waals surface area contributed by atoms with Crippen molar-refractivity contribution in [1.29, 1.82) is 0 Å². The third-order valence-corrected chi connectivity index (χ3v) is 8.00. The van der Waals surface area contributed by atoms with E-state index in [9.17, 15) is 13.2 Å². The maximum absolute atomic E-state index is 12.8. The van der Waals surface area contributed by atoms with Crippen molar-refractivity contribution in [3.63, 3.8) is 0 Å². The van der Waals surface area contributed by atoms with Crippen LogP contribution >= 0.6 is 11.3 Å². The Labute approximate surface area is 175 Å². The number of morpholine rings is 1. The van der Waals surface area contributed by atoms with Crippen LogP contribution < -0.4 is 0 Å². The van der Waals surface area contributed by atoms with Crippen LogP contribution in [-0.2, 0) is 21.3 Å². The third-order valence-electron chi connectivity index (χ3n) is 5.35. The molecule has 0 spiro atoms. The minimum absolute atomic E-state index is 0.0458. The zero-order chi connectivity index (χ0) is 20.3. The molecule has 1 aromatic carbocycles. The molecule has 0 radical (unpaired) electrons. The van der Waals surface area contributed by atoms with Crippen LogP contribution in [0.25, 0.3) is 0 Å². The molecule has 4 rings (SSSR count). The van der Waals surface area contributed by atoms with Crippen LogP contribution in [0.4, 0.5) is 0 Å². The van der Waals surface area contributed by atoms with Crippen molar-refractivity contribution in [2.45, 2.75) is 11.4 Å². The van der Waals surface area contributed by atoms with Gasteiger partial charge in [-0.25, -0.2) is 8.42 Å². The smallest absolute Gasteiger partial charge is 0.253 e. The van der Waals surface area contributed by atoms with Crippen molar-refractivity contribution in [3.8, 4) is 0 Å². The van der Waals surface area contributed by atoms with Gasteiger partial charge in [-0.15, -0.1) is 0 Å². The van der Waals surface area contributed by atoms with Crippen LogP contribution in [0, 0.1) is 0 Å². The lowest BCUT2D eigenvalue weighted by Gasteiger charge is -2.34. The number of carbonyl (C=O) groups excluding carboxylic acids is 1. The van der Waals surface area contributed by atoms with Crippen molar-refractivity contribution < 1.29 is 17.9 Å². The van der Waals surface area contributed by atoms with Gasteiger partial charge in [0.2, 0.25) is 10.0 Å². The number of hydrogen-bond donors (Lipinski definition) is 0. The second kappa shape index (κ2) is 8.93. The fourth-order valence-electron chi connectivity index (χ4n) is 3.64. The molecule has 156 valence electrons. The van der Waals surface area contributed by atoms with E-state index in [2.05, 4.69) is 21.7 Å². The summed E-state index contributed by atoms with van der Waals surface area (Å²) < 4.78 is 32.1. The minimum Gasteiger partial charge on any atom is -0.379 e. The van der Waals surface area contributed by atoms with E-state index in [1.54, 1.807) is 23.5 Å². The van der Waals surface area contributed by atoms with E-state index in [-0.39, 0.29) is 10.8 Å². The summed E-state index contributed by atoms with van der Waals surface area (Å²) in [6, 6.07) is 8.44. The fourth-order valence-corrected chi connectivity index (χ4v) is 5.71. The van der Waals surface area contributed by atoms with E-state index in [4.69, 9.17) is 4.74 Å². The number of ether oxygens (including phenoxy) is 1. The quantitative estimate of drug-likeness (QED) is 0.715. The Bertz CT molecular complexity index is 915. The van der Waals surface area contributed by atoms with Gasteiger partial charge in [0.25, 0.3) is 5.91 Å². The molecule has 2 saturated heterocycles. The molecule has 2 aliphatic rings. The molecular formula is C20H25N3O4S2. The van der Waals surface area contributed by atoms with E-state index in [1.807, 2.05) is 4.90 Å². The minimum atomic E-state index is -3.54. The Morgan fingerprint density at radius 1 is 0.966 bits per heavy atom. The van der Waals surface area contributed by atoms with Crippen LogP contribution in [0.1, 0.15) is 15.9 Å². The molecule has 3 heterocycles. The summed E-state index contributed by atoms with van der Waals surface area (Å²) >= 11 is 1.70. The number of benzene rings is 1. The number of thiophene rings is 1. The Morgan fingerprint density at radius 2 is 1.66 bits per heavy atom. The Balaban J connectivity index is 1.36. The lowest BCUT2D eigenvalue weighted by molar-refractivity contribution is 0.0628. The number of piperazine rings is 1. The molecule has 0 saturated carbocycles. The maximum atomic E-state index is 12.8. The van der Waals surface area contributed by atoms with E-state index < -0.39 is 10.0 Å². The molecule has 0 aliphatic carbocycles. The normalized spacial score (nSPS) is 19.4. The summed E-state index contributed by atoms with van der Waals surface area (Å²) in [4.78, 5) is 17.2. The molecule has 0 N–H and O–H groups in total. The predicted molar refractivity (Wildman–Crippen MR) is 112 cm³/mol. The summed E-state index contributed by atoms with van der Waals surface area (Å²) in [7, 11) is -3.54. The first-order valence-corrected chi connectivity index (χ1v) is 12.1. The van der Waals surface area contributed by atoms with Crippen LogP contribution in [0.15, 0.2) is 46.0 Å². The van der Waals surface area contributed by atoms with Crippen molar-refractivity contribution in [2.24, 2.45) is 0 Å². The molecule has 0 atom stereocenters. The molecule has 9 heteroatoms. The highest BCUT2D eigenvalue weighted by atomic mass is 32.2. The highest BCUT2D eigenvalue weighted by Crippen LogP contribution is 2.19. The van der Waals surface area contributed by atoms with Crippen molar-refractivity contribution >= 4 is 27.3 Å². The summed E-state index contributed by atoms with van der Waals surface area (Å²) in [5.74, 6) is -0.0458. The molecule has 2 aromatic rings. The summed E-state index contributed by atoms with van der Waals surface area (Å²) in [5, 5.41) is 4.24. The zero-order valence-electron chi connectivity index (χ0n) is 16.2. The monoisotopic (exact) mass is 435 g/mol. The molecule has 2 fully saturated rings. The van der Waals surface area contributed by atoms with Gasteiger partial charge in [0.15, 0.2) is 0 Å². The van der Waals surface area contributed by atoms with Crippen LogP contribution in [-0.4, -0.2) is 80.9 Å². The second-order valence-electron chi connectivity index (χ2n) is 7.24. The molecule has 2 aliphatic heterocycles. The largest absolute Gasteiger partial charge is 0.379 e. The standard InChI is InChI=1S/C20H25N3O4S2/c24-20(22-8-6-21(7-9-22)15-17-5-14-28-16-17)18-1-3-19(4-2-18)29(25,26)23-10-12-27-13-11-23/h1-5,14,16H,6-13,15H2. The number of sulfonamides is 1. The Hall–Kier alpha value is -1.78.